The Morgan fingerprint density at radius 3 is 2.32 bits per heavy atom. The van der Waals surface area contributed by atoms with Gasteiger partial charge in [0.1, 0.15) is 23.6 Å². The number of rotatable bonds is 5. The first-order chi connectivity index (χ1) is 18.7. The van der Waals surface area contributed by atoms with Gasteiger partial charge in [-0.15, -0.1) is 5.10 Å². The highest BCUT2D eigenvalue weighted by atomic mass is 16.5. The molecule has 0 radical (unpaired) electrons. The van der Waals surface area contributed by atoms with Crippen LogP contribution in [0.3, 0.4) is 0 Å². The summed E-state index contributed by atoms with van der Waals surface area (Å²) >= 11 is 0. The molecule has 0 aliphatic carbocycles. The molecule has 4 aromatic carbocycles. The second kappa shape index (κ2) is 8.88. The molecule has 0 N–H and O–H groups in total. The Balaban J connectivity index is 1.42. The van der Waals surface area contributed by atoms with E-state index in [9.17, 15) is 0 Å². The van der Waals surface area contributed by atoms with Gasteiger partial charge in [-0.05, 0) is 52.2 Å². The number of nitrogens with zero attached hydrogens (tertiary/aromatic N) is 4. The molecule has 0 fully saturated rings. The Labute approximate surface area is 219 Å². The zero-order chi connectivity index (χ0) is 25.6. The Kier molecular flexibility index (Phi) is 5.21. The predicted molar refractivity (Wildman–Crippen MR) is 145 cm³/mol. The molecule has 1 atom stereocenters. The van der Waals surface area contributed by atoms with Crippen molar-refractivity contribution in [3.8, 4) is 23.1 Å². The first-order valence-corrected chi connectivity index (χ1v) is 12.4. The van der Waals surface area contributed by atoms with Gasteiger partial charge in [0.05, 0.1) is 19.8 Å². The Morgan fingerprint density at radius 2 is 1.55 bits per heavy atom. The zero-order valence-electron chi connectivity index (χ0n) is 21.0. The van der Waals surface area contributed by atoms with Gasteiger partial charge in [0.2, 0.25) is 5.88 Å². The Morgan fingerprint density at radius 1 is 0.816 bits per heavy atom. The van der Waals surface area contributed by atoms with Gasteiger partial charge in [0.15, 0.2) is 11.5 Å². The molecule has 6 aromatic rings. The van der Waals surface area contributed by atoms with E-state index in [0.717, 1.165) is 55.9 Å². The van der Waals surface area contributed by atoms with Crippen LogP contribution in [0.25, 0.3) is 16.4 Å². The van der Waals surface area contributed by atoms with E-state index in [0.29, 0.717) is 18.1 Å². The summed E-state index contributed by atoms with van der Waals surface area (Å²) in [7, 11) is 3.34. The van der Waals surface area contributed by atoms with Crippen molar-refractivity contribution < 1.29 is 14.2 Å². The van der Waals surface area contributed by atoms with E-state index in [1.807, 2.05) is 42.5 Å². The maximum atomic E-state index is 6.41. The van der Waals surface area contributed by atoms with Crippen molar-refractivity contribution >= 4 is 16.4 Å². The van der Waals surface area contributed by atoms with Gasteiger partial charge in [-0.1, -0.05) is 54.6 Å². The standard InChI is InChI=1S/C31H24N4O3/c1-36-22-12-7-19(8-13-22)17-26-33-30-29-27(21-9-14-23(37-2)15-10-21)28-24-6-4-3-5-20(24)11-16-25(28)38-31(29)32-18-35(30)34-26/h3-16,18,27H,17H2,1-2H3. The third kappa shape index (κ3) is 3.63. The number of hydrogen-bond acceptors (Lipinski definition) is 6. The van der Waals surface area contributed by atoms with E-state index in [1.54, 1.807) is 25.1 Å². The number of aromatic nitrogens is 4. The summed E-state index contributed by atoms with van der Waals surface area (Å²) in [6.45, 7) is 0. The molecule has 38 heavy (non-hydrogen) atoms. The number of methoxy groups -OCH3 is 2. The van der Waals surface area contributed by atoms with Gasteiger partial charge in [0, 0.05) is 17.9 Å². The fourth-order valence-corrected chi connectivity index (χ4v) is 5.28. The average molecular weight is 501 g/mol. The second-order valence-electron chi connectivity index (χ2n) is 9.29. The van der Waals surface area contributed by atoms with Crippen LogP contribution in [0.2, 0.25) is 0 Å². The molecule has 0 spiro atoms. The van der Waals surface area contributed by atoms with Crippen LogP contribution in [-0.4, -0.2) is 33.8 Å². The summed E-state index contributed by atoms with van der Waals surface area (Å²) in [5.74, 6) is 3.53. The zero-order valence-corrected chi connectivity index (χ0v) is 21.0. The SMILES string of the molecule is COc1ccc(Cc2nc3c4c(ncn3n2)Oc2ccc3ccccc3c2C4c2ccc(OC)cc2)cc1. The first-order valence-electron chi connectivity index (χ1n) is 12.4. The highest BCUT2D eigenvalue weighted by molar-refractivity contribution is 5.90. The van der Waals surface area contributed by atoms with Crippen molar-refractivity contribution in [3.63, 3.8) is 0 Å². The maximum absolute atomic E-state index is 6.41. The molecule has 186 valence electrons. The molecule has 2 aromatic heterocycles. The smallest absolute Gasteiger partial charge is 0.228 e. The van der Waals surface area contributed by atoms with E-state index >= 15 is 0 Å². The molecule has 1 aliphatic heterocycles. The number of ether oxygens (including phenoxy) is 3. The fourth-order valence-electron chi connectivity index (χ4n) is 5.28. The van der Waals surface area contributed by atoms with Crippen LogP contribution in [0.15, 0.2) is 91.3 Å². The summed E-state index contributed by atoms with van der Waals surface area (Å²) in [6, 6.07) is 28.6. The molecule has 1 aliphatic rings. The summed E-state index contributed by atoms with van der Waals surface area (Å²) in [5, 5.41) is 7.06. The topological polar surface area (TPSA) is 70.8 Å². The summed E-state index contributed by atoms with van der Waals surface area (Å²) in [5.41, 5.74) is 4.92. The highest BCUT2D eigenvalue weighted by Crippen LogP contribution is 2.50. The first kappa shape index (κ1) is 22.3. The molecule has 1 unspecified atom stereocenters. The van der Waals surface area contributed by atoms with Gasteiger partial charge in [-0.25, -0.2) is 14.5 Å². The minimum Gasteiger partial charge on any atom is -0.497 e. The fraction of sp³-hybridized carbons (Fsp3) is 0.129. The third-order valence-corrected chi connectivity index (χ3v) is 7.12. The molecule has 7 rings (SSSR count). The lowest BCUT2D eigenvalue weighted by Gasteiger charge is -2.29. The van der Waals surface area contributed by atoms with Crippen LogP contribution in [-0.2, 0) is 6.42 Å². The maximum Gasteiger partial charge on any atom is 0.228 e. The quantitative estimate of drug-likeness (QED) is 0.281. The number of fused-ring (bicyclic) bond motifs is 6. The van der Waals surface area contributed by atoms with E-state index < -0.39 is 0 Å². The molecule has 0 saturated carbocycles. The van der Waals surface area contributed by atoms with Crippen LogP contribution in [0.5, 0.6) is 23.1 Å². The van der Waals surface area contributed by atoms with Crippen molar-refractivity contribution in [2.24, 2.45) is 0 Å². The predicted octanol–water partition coefficient (Wildman–Crippen LogP) is 6.17. The molecule has 7 heteroatoms. The van der Waals surface area contributed by atoms with Crippen LogP contribution in [0.1, 0.15) is 34.0 Å². The number of benzene rings is 4. The van der Waals surface area contributed by atoms with Gasteiger partial charge < -0.3 is 14.2 Å². The normalized spacial score (nSPS) is 14.1. The Bertz CT molecular complexity index is 1790. The minimum atomic E-state index is -0.153. The van der Waals surface area contributed by atoms with Crippen LogP contribution in [0, 0.1) is 0 Å². The van der Waals surface area contributed by atoms with Crippen molar-refractivity contribution in [1.82, 2.24) is 19.6 Å². The highest BCUT2D eigenvalue weighted by Gasteiger charge is 2.34. The number of hydrogen-bond donors (Lipinski definition) is 0. The van der Waals surface area contributed by atoms with Gasteiger partial charge in [-0.3, -0.25) is 0 Å². The van der Waals surface area contributed by atoms with E-state index in [2.05, 4.69) is 47.4 Å². The molecule has 0 bridgehead atoms. The van der Waals surface area contributed by atoms with Crippen molar-refractivity contribution in [1.29, 1.82) is 0 Å². The van der Waals surface area contributed by atoms with Crippen molar-refractivity contribution in [3.05, 3.63) is 119 Å². The minimum absolute atomic E-state index is 0.153. The van der Waals surface area contributed by atoms with Crippen molar-refractivity contribution in [2.75, 3.05) is 14.2 Å². The van der Waals surface area contributed by atoms with Gasteiger partial charge >= 0.3 is 0 Å². The van der Waals surface area contributed by atoms with E-state index in [4.69, 9.17) is 24.3 Å². The molecular formula is C31H24N4O3. The van der Waals surface area contributed by atoms with Crippen LogP contribution in [0.4, 0.5) is 0 Å². The third-order valence-electron chi connectivity index (χ3n) is 7.12. The lowest BCUT2D eigenvalue weighted by molar-refractivity contribution is 0.414. The molecule has 7 nitrogen and oxygen atoms in total. The monoisotopic (exact) mass is 500 g/mol. The van der Waals surface area contributed by atoms with E-state index in [-0.39, 0.29) is 5.92 Å². The second-order valence-corrected chi connectivity index (χ2v) is 9.29. The van der Waals surface area contributed by atoms with E-state index in [1.165, 1.54) is 0 Å². The van der Waals surface area contributed by atoms with Crippen LogP contribution >= 0.6 is 0 Å². The lowest BCUT2D eigenvalue weighted by Crippen LogP contribution is -2.15. The molecule has 0 amide bonds. The molecule has 3 heterocycles. The lowest BCUT2D eigenvalue weighted by atomic mass is 9.81. The molecule has 0 saturated heterocycles. The Hall–Kier alpha value is -4.91. The van der Waals surface area contributed by atoms with Gasteiger partial charge in [0.25, 0.3) is 0 Å². The van der Waals surface area contributed by atoms with Crippen molar-refractivity contribution in [2.45, 2.75) is 12.3 Å². The van der Waals surface area contributed by atoms with Gasteiger partial charge in [-0.2, -0.15) is 0 Å². The summed E-state index contributed by atoms with van der Waals surface area (Å²) < 4.78 is 18.9. The van der Waals surface area contributed by atoms with Crippen LogP contribution < -0.4 is 14.2 Å². The largest absolute Gasteiger partial charge is 0.497 e. The summed E-state index contributed by atoms with van der Waals surface area (Å²) in [6.07, 6.45) is 2.27. The molecular weight excluding hydrogens is 476 g/mol. The summed E-state index contributed by atoms with van der Waals surface area (Å²) in [4.78, 5) is 9.68. The average Bonchev–Trinajstić information content (AvgIpc) is 3.39.